The number of aliphatic carboxylic acids is 1. The van der Waals surface area contributed by atoms with Gasteiger partial charge < -0.3 is 9.84 Å². The van der Waals surface area contributed by atoms with Gasteiger partial charge in [-0.15, -0.1) is 0 Å². The van der Waals surface area contributed by atoms with Crippen molar-refractivity contribution in [3.05, 3.63) is 60.2 Å². The minimum absolute atomic E-state index is 0.122. The Balaban J connectivity index is 0.000000765. The molecule has 0 spiro atoms. The molecule has 2 N–H and O–H groups in total. The first-order valence-corrected chi connectivity index (χ1v) is 9.95. The summed E-state index contributed by atoms with van der Waals surface area (Å²) in [6.45, 7) is 3.45. The predicted octanol–water partition coefficient (Wildman–Crippen LogP) is 3.90. The molecule has 7 heteroatoms. The van der Waals surface area contributed by atoms with Gasteiger partial charge in [0, 0.05) is 6.92 Å². The number of ether oxygens (including phenoxy) is 1. The van der Waals surface area contributed by atoms with Crippen molar-refractivity contribution in [3.8, 4) is 5.75 Å². The average molecular weight is 379 g/mol. The quantitative estimate of drug-likeness (QED) is 0.726. The Morgan fingerprint density at radius 2 is 1.65 bits per heavy atom. The Kier molecular flexibility index (Phi) is 9.22. The van der Waals surface area contributed by atoms with E-state index in [1.165, 1.54) is 0 Å². The monoisotopic (exact) mass is 379 g/mol. The number of carboxylic acid groups (broad SMARTS) is 1. The Morgan fingerprint density at radius 1 is 1.08 bits per heavy atom. The molecule has 0 aromatic heterocycles. The number of sulfonamides is 1. The van der Waals surface area contributed by atoms with E-state index in [9.17, 15) is 8.42 Å². The van der Waals surface area contributed by atoms with Crippen LogP contribution in [0.3, 0.4) is 0 Å². The normalized spacial score (nSPS) is 10.4. The molecule has 0 bridgehead atoms. The number of hydrogen-bond donors (Lipinski definition) is 2. The molecule has 2 rings (SSSR count). The molecule has 2 aromatic carbocycles. The lowest BCUT2D eigenvalue weighted by Crippen LogP contribution is -2.17. The highest BCUT2D eigenvalue weighted by Gasteiger charge is 2.12. The molecule has 0 heterocycles. The maximum Gasteiger partial charge on any atom is 0.300 e. The molecule has 0 amide bonds. The Hall–Kier alpha value is -2.54. The fourth-order valence-electron chi connectivity index (χ4n) is 1.97. The molecule has 0 saturated heterocycles. The molecular weight excluding hydrogens is 354 g/mol. The van der Waals surface area contributed by atoms with Gasteiger partial charge >= 0.3 is 0 Å². The van der Waals surface area contributed by atoms with Gasteiger partial charge in [0.25, 0.3) is 5.97 Å². The molecule has 0 saturated carbocycles. The van der Waals surface area contributed by atoms with Crippen LogP contribution in [0.5, 0.6) is 5.75 Å². The van der Waals surface area contributed by atoms with Gasteiger partial charge in [0.1, 0.15) is 12.4 Å². The molecule has 0 fully saturated rings. The molecule has 0 atom stereocenters. The first kappa shape index (κ1) is 21.5. The van der Waals surface area contributed by atoms with Crippen molar-refractivity contribution in [2.45, 2.75) is 33.3 Å². The van der Waals surface area contributed by atoms with Gasteiger partial charge in [-0.05, 0) is 24.1 Å². The van der Waals surface area contributed by atoms with Crippen LogP contribution in [0, 0.1) is 0 Å². The van der Waals surface area contributed by atoms with Crippen molar-refractivity contribution in [3.63, 3.8) is 0 Å². The van der Waals surface area contributed by atoms with Crippen LogP contribution in [0.2, 0.25) is 0 Å². The average Bonchev–Trinajstić information content (AvgIpc) is 2.59. The zero-order chi connectivity index (χ0) is 19.4. The number of benzene rings is 2. The molecule has 6 nitrogen and oxygen atoms in total. The van der Waals surface area contributed by atoms with Gasteiger partial charge in [-0.2, -0.15) is 0 Å². The Bertz CT molecular complexity index is 772. The second-order valence-corrected chi connectivity index (χ2v) is 7.41. The summed E-state index contributed by atoms with van der Waals surface area (Å²) < 4.78 is 32.4. The number of carbonyl (C=O) groups is 1. The first-order chi connectivity index (χ1) is 12.3. The topological polar surface area (TPSA) is 92.7 Å². The maximum atomic E-state index is 12.0. The van der Waals surface area contributed by atoms with Crippen LogP contribution in [0.15, 0.2) is 54.6 Å². The van der Waals surface area contributed by atoms with Gasteiger partial charge in [0.15, 0.2) is 0 Å². The van der Waals surface area contributed by atoms with E-state index in [2.05, 4.69) is 4.72 Å². The fraction of sp³-hybridized carbons (Fsp3) is 0.316. The summed E-state index contributed by atoms with van der Waals surface area (Å²) in [5.74, 6) is -0.178. The van der Waals surface area contributed by atoms with Crippen LogP contribution in [0.4, 0.5) is 5.69 Å². The molecule has 0 aliphatic carbocycles. The summed E-state index contributed by atoms with van der Waals surface area (Å²) in [5.41, 5.74) is 1.51. The first-order valence-electron chi connectivity index (χ1n) is 8.30. The molecule has 26 heavy (non-hydrogen) atoms. The van der Waals surface area contributed by atoms with Crippen molar-refractivity contribution >= 4 is 21.7 Å². The van der Waals surface area contributed by atoms with E-state index in [4.69, 9.17) is 14.6 Å². The lowest BCUT2D eigenvalue weighted by atomic mass is 10.2. The third kappa shape index (κ3) is 9.08. The van der Waals surface area contributed by atoms with Crippen LogP contribution in [0.1, 0.15) is 32.3 Å². The van der Waals surface area contributed by atoms with Gasteiger partial charge in [0.05, 0.1) is 11.4 Å². The third-order valence-electron chi connectivity index (χ3n) is 3.16. The summed E-state index contributed by atoms with van der Waals surface area (Å²) in [5, 5.41) is 7.42. The Morgan fingerprint density at radius 3 is 2.27 bits per heavy atom. The number of nitrogens with one attached hydrogen (secondary N) is 1. The molecule has 0 radical (unpaired) electrons. The minimum Gasteiger partial charge on any atom is -0.487 e. The zero-order valence-electron chi connectivity index (χ0n) is 15.0. The number of carboxylic acids is 1. The van der Waals surface area contributed by atoms with Gasteiger partial charge in [0.2, 0.25) is 10.0 Å². The SMILES string of the molecule is CC(=O)O.CCCCS(=O)(=O)Nc1ccccc1OCc1ccccc1. The van der Waals surface area contributed by atoms with Crippen LogP contribution in [0.25, 0.3) is 0 Å². The van der Waals surface area contributed by atoms with Gasteiger partial charge in [-0.1, -0.05) is 55.8 Å². The van der Waals surface area contributed by atoms with Crippen LogP contribution >= 0.6 is 0 Å². The molecular formula is C19H25NO5S. The second kappa shape index (κ2) is 11.1. The largest absolute Gasteiger partial charge is 0.487 e. The summed E-state index contributed by atoms with van der Waals surface area (Å²) in [6.07, 6.45) is 1.48. The van der Waals surface area contributed by atoms with Crippen LogP contribution in [-0.2, 0) is 21.4 Å². The number of unbranched alkanes of at least 4 members (excludes halogenated alkanes) is 1. The lowest BCUT2D eigenvalue weighted by Gasteiger charge is -2.13. The molecule has 0 aliphatic rings. The fourth-order valence-corrected chi connectivity index (χ4v) is 3.24. The highest BCUT2D eigenvalue weighted by Crippen LogP contribution is 2.26. The van der Waals surface area contributed by atoms with Crippen molar-refractivity contribution in [1.29, 1.82) is 0 Å². The van der Waals surface area contributed by atoms with E-state index in [1.54, 1.807) is 18.2 Å². The summed E-state index contributed by atoms with van der Waals surface area (Å²) in [6, 6.07) is 16.8. The van der Waals surface area contributed by atoms with Gasteiger partial charge in [-0.25, -0.2) is 8.42 Å². The molecule has 2 aromatic rings. The smallest absolute Gasteiger partial charge is 0.300 e. The highest BCUT2D eigenvalue weighted by molar-refractivity contribution is 7.92. The van der Waals surface area contributed by atoms with Gasteiger partial charge in [-0.3, -0.25) is 9.52 Å². The van der Waals surface area contributed by atoms with Crippen molar-refractivity contribution in [1.82, 2.24) is 0 Å². The second-order valence-electron chi connectivity index (χ2n) is 5.56. The van der Waals surface area contributed by atoms with E-state index in [0.29, 0.717) is 24.5 Å². The van der Waals surface area contributed by atoms with E-state index in [0.717, 1.165) is 18.9 Å². The standard InChI is InChI=1S/C17H21NO3S.C2H4O2/c1-2-3-13-22(19,20)18-16-11-7-8-12-17(16)21-14-15-9-5-4-6-10-15;1-2(3)4/h4-12,18H,2-3,13-14H2,1H3;1H3,(H,3,4). The van der Waals surface area contributed by atoms with E-state index < -0.39 is 16.0 Å². The molecule has 0 unspecified atom stereocenters. The molecule has 142 valence electrons. The third-order valence-corrected chi connectivity index (χ3v) is 4.51. The molecule has 0 aliphatic heterocycles. The van der Waals surface area contributed by atoms with Crippen LogP contribution < -0.4 is 9.46 Å². The number of hydrogen-bond acceptors (Lipinski definition) is 4. The Labute approximate surface area is 154 Å². The maximum absolute atomic E-state index is 12.0. The lowest BCUT2D eigenvalue weighted by molar-refractivity contribution is -0.134. The zero-order valence-corrected chi connectivity index (χ0v) is 15.8. The number of rotatable bonds is 8. The van der Waals surface area contributed by atoms with Crippen molar-refractivity contribution in [2.24, 2.45) is 0 Å². The predicted molar refractivity (Wildman–Crippen MR) is 103 cm³/mol. The van der Waals surface area contributed by atoms with Crippen molar-refractivity contribution < 1.29 is 23.1 Å². The minimum atomic E-state index is -3.33. The van der Waals surface area contributed by atoms with Crippen molar-refractivity contribution in [2.75, 3.05) is 10.5 Å². The van der Waals surface area contributed by atoms with E-state index in [-0.39, 0.29) is 5.75 Å². The number of para-hydroxylation sites is 2. The summed E-state index contributed by atoms with van der Waals surface area (Å²) >= 11 is 0. The number of anilines is 1. The van der Waals surface area contributed by atoms with E-state index >= 15 is 0 Å². The van der Waals surface area contributed by atoms with Crippen LogP contribution in [-0.4, -0.2) is 25.2 Å². The highest BCUT2D eigenvalue weighted by atomic mass is 32.2. The van der Waals surface area contributed by atoms with E-state index in [1.807, 2.05) is 43.3 Å². The summed E-state index contributed by atoms with van der Waals surface area (Å²) in [4.78, 5) is 9.00. The summed E-state index contributed by atoms with van der Waals surface area (Å²) in [7, 11) is -3.33.